The van der Waals surface area contributed by atoms with Crippen LogP contribution < -0.4 is 5.32 Å². The highest BCUT2D eigenvalue weighted by Gasteiger charge is 2.22. The SMILES string of the molecule is CCCCCCCNc1nc(CN(C)S(=O)(=O)c2ccc(F)cc2)nc2ccccc12. The third kappa shape index (κ3) is 5.98. The van der Waals surface area contributed by atoms with Crippen molar-refractivity contribution in [1.82, 2.24) is 14.3 Å². The molecule has 0 radical (unpaired) electrons. The standard InChI is InChI=1S/C23H29FN4O2S/c1-3-4-5-6-9-16-25-23-20-10-7-8-11-21(20)26-22(27-23)17-28(2)31(29,30)19-14-12-18(24)13-15-19/h7-8,10-15H,3-6,9,16-17H2,1-2H3,(H,25,26,27). The minimum atomic E-state index is -3.78. The largest absolute Gasteiger partial charge is 0.369 e. The third-order valence-corrected chi connectivity index (χ3v) is 6.93. The van der Waals surface area contributed by atoms with E-state index in [4.69, 9.17) is 0 Å². The summed E-state index contributed by atoms with van der Waals surface area (Å²) in [4.78, 5) is 9.19. The molecule has 0 aliphatic rings. The summed E-state index contributed by atoms with van der Waals surface area (Å²) in [5.41, 5.74) is 0.758. The Morgan fingerprint density at radius 1 is 0.968 bits per heavy atom. The molecule has 0 bridgehead atoms. The number of aromatic nitrogens is 2. The van der Waals surface area contributed by atoms with E-state index in [1.165, 1.54) is 42.7 Å². The summed E-state index contributed by atoms with van der Waals surface area (Å²) in [6, 6.07) is 12.5. The number of hydrogen-bond acceptors (Lipinski definition) is 5. The van der Waals surface area contributed by atoms with E-state index >= 15 is 0 Å². The van der Waals surface area contributed by atoms with Gasteiger partial charge in [0.1, 0.15) is 17.5 Å². The number of halogens is 1. The lowest BCUT2D eigenvalue weighted by Gasteiger charge is -2.17. The van der Waals surface area contributed by atoms with Crippen LogP contribution in [-0.2, 0) is 16.6 Å². The van der Waals surface area contributed by atoms with Crippen molar-refractivity contribution in [2.45, 2.75) is 50.5 Å². The number of nitrogens with zero attached hydrogens (tertiary/aromatic N) is 3. The van der Waals surface area contributed by atoms with Crippen LogP contribution in [-0.4, -0.2) is 36.3 Å². The van der Waals surface area contributed by atoms with Crippen LogP contribution in [0.5, 0.6) is 0 Å². The summed E-state index contributed by atoms with van der Waals surface area (Å²) < 4.78 is 40.0. The molecule has 0 unspecified atom stereocenters. The lowest BCUT2D eigenvalue weighted by Crippen LogP contribution is -2.27. The summed E-state index contributed by atoms with van der Waals surface area (Å²) >= 11 is 0. The van der Waals surface area contributed by atoms with Crippen molar-refractivity contribution >= 4 is 26.7 Å². The average Bonchev–Trinajstić information content (AvgIpc) is 2.76. The molecule has 0 spiro atoms. The summed E-state index contributed by atoms with van der Waals surface area (Å²) in [7, 11) is -2.31. The van der Waals surface area contributed by atoms with Gasteiger partial charge in [-0.2, -0.15) is 4.31 Å². The van der Waals surface area contributed by atoms with Crippen molar-refractivity contribution in [2.24, 2.45) is 0 Å². The van der Waals surface area contributed by atoms with E-state index in [1.807, 2.05) is 24.3 Å². The molecule has 0 atom stereocenters. The maximum absolute atomic E-state index is 13.2. The van der Waals surface area contributed by atoms with Gasteiger partial charge >= 0.3 is 0 Å². The summed E-state index contributed by atoms with van der Waals surface area (Å²) in [6.45, 7) is 3.00. The van der Waals surface area contributed by atoms with Gasteiger partial charge in [0.05, 0.1) is 17.0 Å². The van der Waals surface area contributed by atoms with Gasteiger partial charge in [0, 0.05) is 19.0 Å². The molecule has 166 valence electrons. The van der Waals surface area contributed by atoms with Crippen molar-refractivity contribution < 1.29 is 12.8 Å². The van der Waals surface area contributed by atoms with Gasteiger partial charge in [0.2, 0.25) is 10.0 Å². The van der Waals surface area contributed by atoms with Gasteiger partial charge < -0.3 is 5.32 Å². The second-order valence-corrected chi connectivity index (χ2v) is 9.61. The third-order valence-electron chi connectivity index (χ3n) is 5.11. The van der Waals surface area contributed by atoms with Crippen molar-refractivity contribution in [1.29, 1.82) is 0 Å². The van der Waals surface area contributed by atoms with Crippen LogP contribution in [0.15, 0.2) is 53.4 Å². The molecule has 0 amide bonds. The number of rotatable bonds is 11. The molecule has 31 heavy (non-hydrogen) atoms. The van der Waals surface area contributed by atoms with Gasteiger partial charge in [-0.3, -0.25) is 0 Å². The smallest absolute Gasteiger partial charge is 0.243 e. The molecular formula is C23H29FN4O2S. The second kappa shape index (κ2) is 10.6. The number of para-hydroxylation sites is 1. The number of fused-ring (bicyclic) bond motifs is 1. The molecule has 0 aliphatic heterocycles. The molecule has 6 nitrogen and oxygen atoms in total. The molecule has 3 rings (SSSR count). The van der Waals surface area contributed by atoms with E-state index in [9.17, 15) is 12.8 Å². The Hall–Kier alpha value is -2.58. The number of unbranched alkanes of at least 4 members (excludes halogenated alkanes) is 4. The van der Waals surface area contributed by atoms with Gasteiger partial charge in [0.25, 0.3) is 0 Å². The summed E-state index contributed by atoms with van der Waals surface area (Å²) in [5.74, 6) is 0.633. The minimum Gasteiger partial charge on any atom is -0.369 e. The van der Waals surface area contributed by atoms with Crippen LogP contribution >= 0.6 is 0 Å². The predicted octanol–water partition coefficient (Wildman–Crippen LogP) is 4.97. The summed E-state index contributed by atoms with van der Waals surface area (Å²) in [5, 5.41) is 4.30. The number of sulfonamides is 1. The van der Waals surface area contributed by atoms with Gasteiger partial charge in [-0.1, -0.05) is 44.7 Å². The Morgan fingerprint density at radius 2 is 1.68 bits per heavy atom. The average molecular weight is 445 g/mol. The Morgan fingerprint density at radius 3 is 2.42 bits per heavy atom. The molecule has 0 fully saturated rings. The van der Waals surface area contributed by atoms with E-state index < -0.39 is 15.8 Å². The molecular weight excluding hydrogens is 415 g/mol. The van der Waals surface area contributed by atoms with Crippen LogP contribution in [0.25, 0.3) is 10.9 Å². The zero-order valence-corrected chi connectivity index (χ0v) is 18.8. The van der Waals surface area contributed by atoms with Gasteiger partial charge in [-0.25, -0.2) is 22.8 Å². The second-order valence-electron chi connectivity index (χ2n) is 7.56. The fourth-order valence-electron chi connectivity index (χ4n) is 3.34. The van der Waals surface area contributed by atoms with E-state index in [0.717, 1.165) is 42.4 Å². The predicted molar refractivity (Wildman–Crippen MR) is 122 cm³/mol. The first kappa shape index (κ1) is 23.1. The normalized spacial score (nSPS) is 11.9. The van der Waals surface area contributed by atoms with Crippen molar-refractivity contribution in [3.05, 3.63) is 60.2 Å². The molecule has 0 saturated heterocycles. The van der Waals surface area contributed by atoms with Crippen molar-refractivity contribution in [3.63, 3.8) is 0 Å². The number of nitrogens with one attached hydrogen (secondary N) is 1. The Bertz CT molecular complexity index is 1100. The Kier molecular flexibility index (Phi) is 7.92. The molecule has 2 aromatic carbocycles. The van der Waals surface area contributed by atoms with Crippen molar-refractivity contribution in [2.75, 3.05) is 18.9 Å². The molecule has 0 aliphatic carbocycles. The minimum absolute atomic E-state index is 0.00965. The first-order valence-corrected chi connectivity index (χ1v) is 12.1. The lowest BCUT2D eigenvalue weighted by molar-refractivity contribution is 0.457. The fourth-order valence-corrected chi connectivity index (χ4v) is 4.46. The number of benzene rings is 2. The van der Waals surface area contributed by atoms with Gasteiger partial charge in [-0.15, -0.1) is 0 Å². The highest BCUT2D eigenvalue weighted by molar-refractivity contribution is 7.89. The monoisotopic (exact) mass is 444 g/mol. The lowest BCUT2D eigenvalue weighted by atomic mass is 10.1. The zero-order chi connectivity index (χ0) is 22.3. The topological polar surface area (TPSA) is 75.2 Å². The zero-order valence-electron chi connectivity index (χ0n) is 18.0. The molecule has 8 heteroatoms. The Balaban J connectivity index is 1.77. The highest BCUT2D eigenvalue weighted by atomic mass is 32.2. The molecule has 1 aromatic heterocycles. The van der Waals surface area contributed by atoms with Crippen LogP contribution in [0.2, 0.25) is 0 Å². The summed E-state index contributed by atoms with van der Waals surface area (Å²) in [6.07, 6.45) is 5.89. The first-order chi connectivity index (χ1) is 14.9. The molecule has 3 aromatic rings. The maximum Gasteiger partial charge on any atom is 0.243 e. The molecule has 0 saturated carbocycles. The van der Waals surface area contributed by atoms with E-state index in [0.29, 0.717) is 11.6 Å². The Labute approximate surface area is 183 Å². The number of hydrogen-bond donors (Lipinski definition) is 1. The van der Waals surface area contributed by atoms with Crippen LogP contribution in [0.4, 0.5) is 10.2 Å². The first-order valence-electron chi connectivity index (χ1n) is 10.6. The van der Waals surface area contributed by atoms with E-state index in [-0.39, 0.29) is 11.4 Å². The van der Waals surface area contributed by atoms with Gasteiger partial charge in [0.15, 0.2) is 0 Å². The fraction of sp³-hybridized carbons (Fsp3) is 0.391. The maximum atomic E-state index is 13.2. The van der Waals surface area contributed by atoms with E-state index in [1.54, 1.807) is 0 Å². The highest BCUT2D eigenvalue weighted by Crippen LogP contribution is 2.22. The van der Waals surface area contributed by atoms with Crippen LogP contribution in [0, 0.1) is 5.82 Å². The quantitative estimate of drug-likeness (QED) is 0.423. The van der Waals surface area contributed by atoms with Crippen molar-refractivity contribution in [3.8, 4) is 0 Å². The molecule has 1 N–H and O–H groups in total. The van der Waals surface area contributed by atoms with E-state index in [2.05, 4.69) is 22.2 Å². The van der Waals surface area contributed by atoms with Gasteiger partial charge in [-0.05, 0) is 42.8 Å². The number of anilines is 1. The van der Waals surface area contributed by atoms with Crippen LogP contribution in [0.1, 0.15) is 44.9 Å². The molecule has 1 heterocycles. The van der Waals surface area contributed by atoms with Crippen LogP contribution in [0.3, 0.4) is 0 Å².